The van der Waals surface area contributed by atoms with Gasteiger partial charge >= 0.3 is 0 Å². The van der Waals surface area contributed by atoms with Gasteiger partial charge in [-0.15, -0.1) is 0 Å². The van der Waals surface area contributed by atoms with E-state index in [1.54, 1.807) is 0 Å². The molecule has 1 rings (SSSR count). The molecule has 0 unspecified atom stereocenters. The van der Waals surface area contributed by atoms with Crippen LogP contribution in [0.4, 0.5) is 5.69 Å². The number of hydrogen-bond acceptors (Lipinski definition) is 2. The summed E-state index contributed by atoms with van der Waals surface area (Å²) in [5.74, 6) is -0.0403. The van der Waals surface area contributed by atoms with Crippen molar-refractivity contribution in [3.05, 3.63) is 23.3 Å². The fraction of sp³-hybridized carbons (Fsp3) is 0.611. The molecule has 0 bridgehead atoms. The van der Waals surface area contributed by atoms with Crippen molar-refractivity contribution >= 4 is 11.6 Å². The molecule has 3 heteroatoms. The van der Waals surface area contributed by atoms with Gasteiger partial charge in [0.05, 0.1) is 5.69 Å². The van der Waals surface area contributed by atoms with Crippen LogP contribution in [0, 0.1) is 5.92 Å². The standard InChI is InChI=1S/C18H29NO2/c1-11(2)16(21)19-14-10-12(17(3,4)5)9-13(15(14)20)18(6,7)8/h9-11,20H,1-8H3,(H,19,21). The lowest BCUT2D eigenvalue weighted by molar-refractivity contribution is -0.118. The first kappa shape index (κ1) is 17.5. The minimum absolute atomic E-state index is 0.0506. The van der Waals surface area contributed by atoms with Gasteiger partial charge in [0.15, 0.2) is 0 Å². The van der Waals surface area contributed by atoms with Gasteiger partial charge in [-0.2, -0.15) is 0 Å². The first-order valence-electron chi connectivity index (χ1n) is 7.53. The quantitative estimate of drug-likeness (QED) is 0.783. The molecule has 0 saturated carbocycles. The summed E-state index contributed by atoms with van der Waals surface area (Å²) < 4.78 is 0. The summed E-state index contributed by atoms with van der Waals surface area (Å²) in [5, 5.41) is 13.4. The van der Waals surface area contributed by atoms with Gasteiger partial charge in [-0.05, 0) is 22.5 Å². The van der Waals surface area contributed by atoms with Crippen molar-refractivity contribution in [3.63, 3.8) is 0 Å². The number of rotatable bonds is 2. The minimum Gasteiger partial charge on any atom is -0.505 e. The second-order valence-electron chi connectivity index (χ2n) is 8.06. The Hall–Kier alpha value is -1.51. The Kier molecular flexibility index (Phi) is 4.76. The molecule has 0 aliphatic heterocycles. The average molecular weight is 291 g/mol. The Labute approximate surface area is 128 Å². The summed E-state index contributed by atoms with van der Waals surface area (Å²) in [4.78, 5) is 12.0. The summed E-state index contributed by atoms with van der Waals surface area (Å²) in [7, 11) is 0. The Morgan fingerprint density at radius 2 is 1.57 bits per heavy atom. The van der Waals surface area contributed by atoms with Crippen LogP contribution in [-0.2, 0) is 15.6 Å². The predicted octanol–water partition coefficient (Wildman–Crippen LogP) is 4.58. The van der Waals surface area contributed by atoms with E-state index in [1.807, 2.05) is 26.0 Å². The molecule has 0 heterocycles. The molecule has 21 heavy (non-hydrogen) atoms. The van der Waals surface area contributed by atoms with Gasteiger partial charge in [0, 0.05) is 11.5 Å². The van der Waals surface area contributed by atoms with Gasteiger partial charge in [-0.25, -0.2) is 0 Å². The van der Waals surface area contributed by atoms with E-state index in [0.29, 0.717) is 5.69 Å². The second kappa shape index (κ2) is 5.70. The van der Waals surface area contributed by atoms with Gasteiger partial charge in [-0.1, -0.05) is 61.5 Å². The van der Waals surface area contributed by atoms with Gasteiger partial charge in [0.1, 0.15) is 5.75 Å². The summed E-state index contributed by atoms with van der Waals surface area (Å²) in [6, 6.07) is 3.92. The third-order valence-electron chi connectivity index (χ3n) is 3.57. The van der Waals surface area contributed by atoms with E-state index >= 15 is 0 Å². The summed E-state index contributed by atoms with van der Waals surface area (Å²) in [6.45, 7) is 16.2. The zero-order chi connectivity index (χ0) is 16.6. The van der Waals surface area contributed by atoms with Crippen LogP contribution in [0.25, 0.3) is 0 Å². The lowest BCUT2D eigenvalue weighted by Crippen LogP contribution is -2.21. The number of carbonyl (C=O) groups is 1. The fourth-order valence-corrected chi connectivity index (χ4v) is 2.01. The van der Waals surface area contributed by atoms with E-state index in [2.05, 4.69) is 46.9 Å². The zero-order valence-electron chi connectivity index (χ0n) is 14.6. The SMILES string of the molecule is CC(C)C(=O)Nc1cc(C(C)(C)C)cc(C(C)(C)C)c1O. The molecule has 0 fully saturated rings. The number of carbonyl (C=O) groups excluding carboxylic acids is 1. The van der Waals surface area contributed by atoms with E-state index in [9.17, 15) is 9.90 Å². The van der Waals surface area contributed by atoms with E-state index in [0.717, 1.165) is 11.1 Å². The van der Waals surface area contributed by atoms with E-state index < -0.39 is 0 Å². The third-order valence-corrected chi connectivity index (χ3v) is 3.57. The summed E-state index contributed by atoms with van der Waals surface area (Å²) in [6.07, 6.45) is 0. The molecule has 118 valence electrons. The Morgan fingerprint density at radius 1 is 1.05 bits per heavy atom. The van der Waals surface area contributed by atoms with Gasteiger partial charge in [0.2, 0.25) is 5.91 Å². The molecular weight excluding hydrogens is 262 g/mol. The highest BCUT2D eigenvalue weighted by atomic mass is 16.3. The highest BCUT2D eigenvalue weighted by Crippen LogP contribution is 2.40. The van der Waals surface area contributed by atoms with Crippen molar-refractivity contribution in [2.24, 2.45) is 5.92 Å². The fourth-order valence-electron chi connectivity index (χ4n) is 2.01. The number of anilines is 1. The molecule has 1 aromatic carbocycles. The normalized spacial score (nSPS) is 12.6. The number of hydrogen-bond donors (Lipinski definition) is 2. The minimum atomic E-state index is -0.192. The summed E-state index contributed by atoms with van der Waals surface area (Å²) in [5.41, 5.74) is 2.22. The number of phenols is 1. The van der Waals surface area contributed by atoms with Crippen LogP contribution < -0.4 is 5.32 Å². The van der Waals surface area contributed by atoms with Crippen molar-refractivity contribution < 1.29 is 9.90 Å². The number of aromatic hydroxyl groups is 1. The zero-order valence-corrected chi connectivity index (χ0v) is 14.6. The Morgan fingerprint density at radius 3 is 1.95 bits per heavy atom. The molecule has 0 aliphatic carbocycles. The molecule has 0 atom stereocenters. The Balaban J connectivity index is 3.46. The van der Waals surface area contributed by atoms with Crippen LogP contribution >= 0.6 is 0 Å². The van der Waals surface area contributed by atoms with E-state index in [-0.39, 0.29) is 28.4 Å². The van der Waals surface area contributed by atoms with E-state index in [1.165, 1.54) is 0 Å². The molecule has 3 nitrogen and oxygen atoms in total. The first-order valence-corrected chi connectivity index (χ1v) is 7.53. The van der Waals surface area contributed by atoms with Gasteiger partial charge < -0.3 is 10.4 Å². The lowest BCUT2D eigenvalue weighted by Gasteiger charge is -2.27. The maximum absolute atomic E-state index is 12.0. The monoisotopic (exact) mass is 291 g/mol. The van der Waals surface area contributed by atoms with Crippen molar-refractivity contribution in [1.82, 2.24) is 0 Å². The van der Waals surface area contributed by atoms with Gasteiger partial charge in [0.25, 0.3) is 0 Å². The van der Waals surface area contributed by atoms with Crippen LogP contribution in [-0.4, -0.2) is 11.0 Å². The van der Waals surface area contributed by atoms with Crippen molar-refractivity contribution in [1.29, 1.82) is 0 Å². The van der Waals surface area contributed by atoms with Crippen molar-refractivity contribution in [2.75, 3.05) is 5.32 Å². The highest BCUT2D eigenvalue weighted by molar-refractivity contribution is 5.94. The van der Waals surface area contributed by atoms with Crippen LogP contribution in [0.15, 0.2) is 12.1 Å². The first-order chi connectivity index (χ1) is 9.34. The molecule has 0 spiro atoms. The highest BCUT2D eigenvalue weighted by Gasteiger charge is 2.25. The van der Waals surface area contributed by atoms with Crippen LogP contribution in [0.5, 0.6) is 5.75 Å². The Bertz CT molecular complexity index is 531. The third kappa shape index (κ3) is 4.23. The molecule has 1 aromatic rings. The largest absolute Gasteiger partial charge is 0.505 e. The molecule has 0 radical (unpaired) electrons. The molecular formula is C18H29NO2. The maximum atomic E-state index is 12.0. The molecule has 0 saturated heterocycles. The van der Waals surface area contributed by atoms with E-state index in [4.69, 9.17) is 0 Å². The maximum Gasteiger partial charge on any atom is 0.227 e. The number of phenolic OH excluding ortho intramolecular Hbond substituents is 1. The molecule has 2 N–H and O–H groups in total. The van der Waals surface area contributed by atoms with Crippen LogP contribution in [0.2, 0.25) is 0 Å². The second-order valence-corrected chi connectivity index (χ2v) is 8.06. The number of amides is 1. The predicted molar refractivity (Wildman–Crippen MR) is 89.0 cm³/mol. The van der Waals surface area contributed by atoms with Crippen molar-refractivity contribution in [2.45, 2.75) is 66.2 Å². The molecule has 1 amide bonds. The lowest BCUT2D eigenvalue weighted by atomic mass is 9.79. The number of benzene rings is 1. The summed E-state index contributed by atoms with van der Waals surface area (Å²) >= 11 is 0. The molecule has 0 aliphatic rings. The topological polar surface area (TPSA) is 49.3 Å². The number of nitrogens with one attached hydrogen (secondary N) is 1. The average Bonchev–Trinajstić information content (AvgIpc) is 2.28. The van der Waals surface area contributed by atoms with Crippen LogP contribution in [0.3, 0.4) is 0 Å². The molecule has 0 aromatic heterocycles. The van der Waals surface area contributed by atoms with Crippen LogP contribution in [0.1, 0.15) is 66.5 Å². The van der Waals surface area contributed by atoms with Crippen molar-refractivity contribution in [3.8, 4) is 5.75 Å². The van der Waals surface area contributed by atoms with Gasteiger partial charge in [-0.3, -0.25) is 4.79 Å². The smallest absolute Gasteiger partial charge is 0.227 e.